The largest absolute Gasteiger partial charge is 0.492 e. The smallest absolute Gasteiger partial charge is 0.326 e. The van der Waals surface area contributed by atoms with Crippen molar-refractivity contribution < 1.29 is 14.3 Å². The summed E-state index contributed by atoms with van der Waals surface area (Å²) in [6, 6.07) is 25.9. The van der Waals surface area contributed by atoms with Gasteiger partial charge in [0.15, 0.2) is 5.54 Å². The second kappa shape index (κ2) is 10.1. The molecular weight excluding hydrogens is 438 g/mol. The number of rotatable bonds is 9. The van der Waals surface area contributed by atoms with Gasteiger partial charge in [-0.2, -0.15) is 0 Å². The molecular formula is C26H26ClN3O3. The van der Waals surface area contributed by atoms with Gasteiger partial charge in [0.05, 0.1) is 6.67 Å². The molecule has 0 radical (unpaired) electrons. The van der Waals surface area contributed by atoms with Crippen molar-refractivity contribution >= 4 is 23.5 Å². The number of amides is 3. The molecule has 1 heterocycles. The van der Waals surface area contributed by atoms with Crippen LogP contribution in [0.4, 0.5) is 4.79 Å². The lowest BCUT2D eigenvalue weighted by Crippen LogP contribution is -2.47. The van der Waals surface area contributed by atoms with Crippen LogP contribution in [0, 0.1) is 0 Å². The van der Waals surface area contributed by atoms with Crippen LogP contribution in [0.15, 0.2) is 84.9 Å². The molecule has 1 aliphatic heterocycles. The average Bonchev–Trinajstić information content (AvgIpc) is 3.05. The summed E-state index contributed by atoms with van der Waals surface area (Å²) in [7, 11) is 1.85. The van der Waals surface area contributed by atoms with Gasteiger partial charge in [-0.3, -0.25) is 9.69 Å². The summed E-state index contributed by atoms with van der Waals surface area (Å²) in [6.45, 7) is 1.09. The van der Waals surface area contributed by atoms with Gasteiger partial charge in [-0.1, -0.05) is 78.3 Å². The van der Waals surface area contributed by atoms with Crippen LogP contribution < -0.4 is 10.1 Å². The molecule has 0 bridgehead atoms. The molecule has 1 fully saturated rings. The number of benzene rings is 3. The highest BCUT2D eigenvalue weighted by atomic mass is 35.5. The molecule has 33 heavy (non-hydrogen) atoms. The van der Waals surface area contributed by atoms with Crippen molar-refractivity contribution in [3.05, 3.63) is 101 Å². The first-order chi connectivity index (χ1) is 16.0. The minimum absolute atomic E-state index is 0.160. The molecule has 1 aliphatic rings. The maximum atomic E-state index is 13.7. The highest BCUT2D eigenvalue weighted by molar-refractivity contribution is 6.30. The third-order valence-electron chi connectivity index (χ3n) is 5.68. The number of nitrogens with one attached hydrogen (secondary N) is 1. The Bertz CT molecular complexity index is 1110. The van der Waals surface area contributed by atoms with Crippen molar-refractivity contribution in [3.8, 4) is 5.75 Å². The zero-order valence-electron chi connectivity index (χ0n) is 18.4. The maximum absolute atomic E-state index is 13.7. The third kappa shape index (κ3) is 5.18. The van der Waals surface area contributed by atoms with Gasteiger partial charge in [0.25, 0.3) is 5.91 Å². The number of likely N-dealkylation sites (N-methyl/N-ethyl adjacent to an activating group) is 1. The van der Waals surface area contributed by atoms with Gasteiger partial charge >= 0.3 is 6.03 Å². The average molecular weight is 464 g/mol. The monoisotopic (exact) mass is 463 g/mol. The molecule has 7 heteroatoms. The lowest BCUT2D eigenvalue weighted by molar-refractivity contribution is -0.133. The van der Waals surface area contributed by atoms with E-state index in [0.29, 0.717) is 30.3 Å². The number of carbonyl (C=O) groups excluding carboxylic acids is 2. The van der Waals surface area contributed by atoms with Crippen molar-refractivity contribution in [2.45, 2.75) is 12.0 Å². The zero-order valence-corrected chi connectivity index (χ0v) is 19.2. The van der Waals surface area contributed by atoms with E-state index in [4.69, 9.17) is 16.3 Å². The molecule has 0 spiro atoms. The predicted molar refractivity (Wildman–Crippen MR) is 128 cm³/mol. The van der Waals surface area contributed by atoms with Crippen LogP contribution in [0.5, 0.6) is 5.75 Å². The van der Waals surface area contributed by atoms with Crippen LogP contribution in [-0.4, -0.2) is 48.6 Å². The van der Waals surface area contributed by atoms with Crippen LogP contribution in [0.2, 0.25) is 5.02 Å². The number of ether oxygens (including phenoxy) is 1. The number of halogens is 1. The fraction of sp³-hybridized carbons (Fsp3) is 0.231. The topological polar surface area (TPSA) is 61.9 Å². The second-order valence-electron chi connectivity index (χ2n) is 8.12. The van der Waals surface area contributed by atoms with Gasteiger partial charge < -0.3 is 10.1 Å². The normalized spacial score (nSPS) is 18.0. The molecule has 1 N–H and O–H groups in total. The molecule has 1 atom stereocenters. The predicted octanol–water partition coefficient (Wildman–Crippen LogP) is 4.30. The quantitative estimate of drug-likeness (QED) is 0.481. The van der Waals surface area contributed by atoms with Crippen molar-refractivity contribution in [3.63, 3.8) is 0 Å². The molecule has 3 amide bonds. The summed E-state index contributed by atoms with van der Waals surface area (Å²) in [4.78, 5) is 29.8. The molecule has 6 nitrogen and oxygen atoms in total. The van der Waals surface area contributed by atoms with E-state index < -0.39 is 11.6 Å². The van der Waals surface area contributed by atoms with E-state index in [-0.39, 0.29) is 12.6 Å². The van der Waals surface area contributed by atoms with Gasteiger partial charge in [-0.15, -0.1) is 0 Å². The summed E-state index contributed by atoms with van der Waals surface area (Å²) < 4.78 is 5.73. The van der Waals surface area contributed by atoms with E-state index in [9.17, 15) is 9.59 Å². The van der Waals surface area contributed by atoms with E-state index in [1.165, 1.54) is 4.90 Å². The Morgan fingerprint density at radius 2 is 1.67 bits per heavy atom. The Hall–Kier alpha value is -3.35. The first kappa shape index (κ1) is 22.8. The molecule has 0 aliphatic carbocycles. The molecule has 1 saturated heterocycles. The van der Waals surface area contributed by atoms with Gasteiger partial charge in [0.2, 0.25) is 0 Å². The number of urea groups is 1. The molecule has 0 saturated carbocycles. The van der Waals surface area contributed by atoms with Crippen LogP contribution in [0.25, 0.3) is 0 Å². The second-order valence-corrected chi connectivity index (χ2v) is 8.56. The Kier molecular flexibility index (Phi) is 6.96. The van der Waals surface area contributed by atoms with Gasteiger partial charge in [-0.05, 0) is 36.4 Å². The number of hydrogen-bond acceptors (Lipinski definition) is 4. The van der Waals surface area contributed by atoms with Crippen molar-refractivity contribution in [2.24, 2.45) is 0 Å². The van der Waals surface area contributed by atoms with E-state index in [0.717, 1.165) is 11.1 Å². The SMILES string of the molecule is CN(CCOc1cccc(Cl)c1)CN1C(=O)N[C@](Cc2ccccc2)(c2ccccc2)C1=O. The summed E-state index contributed by atoms with van der Waals surface area (Å²) >= 11 is 5.99. The van der Waals surface area contributed by atoms with E-state index in [1.807, 2.05) is 84.7 Å². The zero-order chi connectivity index (χ0) is 23.3. The van der Waals surface area contributed by atoms with Crippen LogP contribution in [0.1, 0.15) is 11.1 Å². The van der Waals surface area contributed by atoms with Crippen molar-refractivity contribution in [1.82, 2.24) is 15.1 Å². The molecule has 0 aromatic heterocycles. The van der Waals surface area contributed by atoms with Crippen LogP contribution in [0.3, 0.4) is 0 Å². The highest BCUT2D eigenvalue weighted by Gasteiger charge is 2.52. The number of carbonyl (C=O) groups is 2. The van der Waals surface area contributed by atoms with E-state index in [1.54, 1.807) is 12.1 Å². The van der Waals surface area contributed by atoms with Crippen LogP contribution >= 0.6 is 11.6 Å². The minimum atomic E-state index is -1.14. The summed E-state index contributed by atoms with van der Waals surface area (Å²) in [5.41, 5.74) is 0.597. The van der Waals surface area contributed by atoms with Crippen LogP contribution in [-0.2, 0) is 16.8 Å². The molecule has 3 aromatic rings. The summed E-state index contributed by atoms with van der Waals surface area (Å²) in [5.74, 6) is 0.419. The standard InChI is InChI=1S/C26H26ClN3O3/c1-29(15-16-33-23-14-8-13-22(27)17-23)19-30-24(31)26(28-25(30)32,21-11-6-3-7-12-21)18-20-9-4-2-5-10-20/h2-14,17H,15-16,18-19H2,1H3,(H,28,32)/t26-/m1/s1. The van der Waals surface area contributed by atoms with Crippen molar-refractivity contribution in [2.75, 3.05) is 26.9 Å². The fourth-order valence-corrected chi connectivity index (χ4v) is 4.17. The van der Waals surface area contributed by atoms with E-state index >= 15 is 0 Å². The summed E-state index contributed by atoms with van der Waals surface area (Å²) in [6.07, 6.45) is 0.376. The lowest BCUT2D eigenvalue weighted by atomic mass is 9.83. The Balaban J connectivity index is 1.47. The summed E-state index contributed by atoms with van der Waals surface area (Å²) in [5, 5.41) is 3.60. The number of hydrogen-bond donors (Lipinski definition) is 1. The number of nitrogens with zero attached hydrogens (tertiary/aromatic N) is 2. The Labute approximate surface area is 198 Å². The first-order valence-corrected chi connectivity index (χ1v) is 11.2. The van der Waals surface area contributed by atoms with Gasteiger partial charge in [0.1, 0.15) is 12.4 Å². The third-order valence-corrected chi connectivity index (χ3v) is 5.91. The molecule has 0 unspecified atom stereocenters. The van der Waals surface area contributed by atoms with Gasteiger partial charge in [-0.25, -0.2) is 9.69 Å². The first-order valence-electron chi connectivity index (χ1n) is 10.8. The minimum Gasteiger partial charge on any atom is -0.492 e. The van der Waals surface area contributed by atoms with Gasteiger partial charge in [0, 0.05) is 18.0 Å². The lowest BCUT2D eigenvalue weighted by Gasteiger charge is -2.28. The Morgan fingerprint density at radius 3 is 2.36 bits per heavy atom. The highest BCUT2D eigenvalue weighted by Crippen LogP contribution is 2.33. The van der Waals surface area contributed by atoms with Crippen molar-refractivity contribution in [1.29, 1.82) is 0 Å². The van der Waals surface area contributed by atoms with E-state index in [2.05, 4.69) is 5.32 Å². The number of imide groups is 1. The Morgan fingerprint density at radius 1 is 0.970 bits per heavy atom. The molecule has 170 valence electrons. The molecule has 4 rings (SSSR count). The maximum Gasteiger partial charge on any atom is 0.326 e. The fourth-order valence-electron chi connectivity index (χ4n) is 3.99. The molecule has 3 aromatic carbocycles.